The van der Waals surface area contributed by atoms with E-state index in [4.69, 9.17) is 0 Å². The molecule has 1 N–H and O–H groups in total. The summed E-state index contributed by atoms with van der Waals surface area (Å²) in [7, 11) is 0. The van der Waals surface area contributed by atoms with Crippen LogP contribution in [0, 0.1) is 5.82 Å². The second kappa shape index (κ2) is 11.7. The first kappa shape index (κ1) is 26.6. The van der Waals surface area contributed by atoms with Crippen molar-refractivity contribution in [3.05, 3.63) is 87.9 Å². The predicted octanol–water partition coefficient (Wildman–Crippen LogP) is 5.40. The molecule has 3 aromatic rings. The van der Waals surface area contributed by atoms with E-state index in [1.165, 1.54) is 35.6 Å². The molecule has 2 heterocycles. The van der Waals surface area contributed by atoms with Gasteiger partial charge < -0.3 is 15.1 Å². The van der Waals surface area contributed by atoms with Crippen LogP contribution < -0.4 is 5.32 Å². The van der Waals surface area contributed by atoms with Gasteiger partial charge in [-0.3, -0.25) is 9.69 Å². The number of halogens is 4. The summed E-state index contributed by atoms with van der Waals surface area (Å²) in [5, 5.41) is 4.49. The van der Waals surface area contributed by atoms with Crippen molar-refractivity contribution < 1.29 is 27.2 Å². The zero-order valence-electron chi connectivity index (χ0n) is 19.9. The number of hydrogen-bond acceptors (Lipinski definition) is 4. The molecular formula is C26H26F4N4O2S. The maximum atomic E-state index is 13.3. The van der Waals surface area contributed by atoms with Gasteiger partial charge in [0.05, 0.1) is 10.4 Å². The quantitative estimate of drug-likeness (QED) is 0.413. The highest BCUT2D eigenvalue weighted by atomic mass is 32.1. The molecule has 0 saturated carbocycles. The monoisotopic (exact) mass is 534 g/mol. The molecular weight excluding hydrogens is 508 g/mol. The smallest absolute Gasteiger partial charge is 0.332 e. The highest BCUT2D eigenvalue weighted by molar-refractivity contribution is 7.12. The van der Waals surface area contributed by atoms with E-state index in [1.807, 2.05) is 11.4 Å². The minimum absolute atomic E-state index is 0.0890. The molecule has 3 amide bonds. The summed E-state index contributed by atoms with van der Waals surface area (Å²) in [6, 6.07) is 13.6. The van der Waals surface area contributed by atoms with Gasteiger partial charge >= 0.3 is 12.2 Å². The van der Waals surface area contributed by atoms with Gasteiger partial charge in [-0.15, -0.1) is 11.3 Å². The fraction of sp³-hybridized carbons (Fsp3) is 0.308. The molecule has 6 nitrogen and oxygen atoms in total. The minimum Gasteiger partial charge on any atom is -0.332 e. The van der Waals surface area contributed by atoms with Gasteiger partial charge in [0.25, 0.3) is 5.91 Å². The lowest BCUT2D eigenvalue weighted by Crippen LogP contribution is -2.51. The van der Waals surface area contributed by atoms with E-state index in [1.54, 1.807) is 28.0 Å². The summed E-state index contributed by atoms with van der Waals surface area (Å²) < 4.78 is 51.5. The molecule has 0 radical (unpaired) electrons. The molecule has 1 aliphatic rings. The summed E-state index contributed by atoms with van der Waals surface area (Å²) in [6.45, 7) is 3.51. The third-order valence-corrected chi connectivity index (χ3v) is 6.97. The van der Waals surface area contributed by atoms with Gasteiger partial charge in [0.2, 0.25) is 0 Å². The lowest BCUT2D eigenvalue weighted by Gasteiger charge is -2.35. The van der Waals surface area contributed by atoms with Crippen LogP contribution >= 0.6 is 11.3 Å². The van der Waals surface area contributed by atoms with Crippen molar-refractivity contribution in [1.82, 2.24) is 14.7 Å². The average molecular weight is 535 g/mol. The molecule has 1 fully saturated rings. The van der Waals surface area contributed by atoms with E-state index in [-0.39, 0.29) is 17.8 Å². The molecule has 11 heteroatoms. The highest BCUT2D eigenvalue weighted by Gasteiger charge is 2.30. The number of thiophene rings is 1. The van der Waals surface area contributed by atoms with Crippen LogP contribution in [0.5, 0.6) is 0 Å². The Labute approximate surface area is 216 Å². The molecule has 196 valence electrons. The van der Waals surface area contributed by atoms with E-state index in [0.29, 0.717) is 56.4 Å². The van der Waals surface area contributed by atoms with Crippen LogP contribution in [0.2, 0.25) is 0 Å². The summed E-state index contributed by atoms with van der Waals surface area (Å²) in [5.41, 5.74) is 0.352. The number of urea groups is 1. The second-order valence-corrected chi connectivity index (χ2v) is 9.61. The number of carbonyl (C=O) groups excluding carboxylic acids is 2. The molecule has 4 rings (SSSR count). The molecule has 0 bridgehead atoms. The maximum Gasteiger partial charge on any atom is 0.416 e. The van der Waals surface area contributed by atoms with Gasteiger partial charge in [-0.05, 0) is 53.4 Å². The normalized spacial score (nSPS) is 14.4. The fourth-order valence-electron chi connectivity index (χ4n) is 4.00. The summed E-state index contributed by atoms with van der Waals surface area (Å²) in [5.74, 6) is -0.422. The van der Waals surface area contributed by atoms with Crippen molar-refractivity contribution in [2.45, 2.75) is 12.7 Å². The van der Waals surface area contributed by atoms with Crippen LogP contribution in [-0.4, -0.2) is 65.9 Å². The fourth-order valence-corrected chi connectivity index (χ4v) is 4.69. The Morgan fingerprint density at radius 2 is 1.62 bits per heavy atom. The average Bonchev–Trinajstić information content (AvgIpc) is 3.42. The zero-order valence-corrected chi connectivity index (χ0v) is 20.7. The first-order chi connectivity index (χ1) is 17.7. The Kier molecular flexibility index (Phi) is 8.45. The van der Waals surface area contributed by atoms with Crippen LogP contribution in [0.1, 0.15) is 20.8 Å². The van der Waals surface area contributed by atoms with E-state index in [9.17, 15) is 27.2 Å². The number of anilines is 1. The van der Waals surface area contributed by atoms with Gasteiger partial charge in [0, 0.05) is 51.5 Å². The number of nitrogens with one attached hydrogen (secondary N) is 1. The number of amides is 3. The third-order valence-electron chi connectivity index (χ3n) is 6.12. The standard InChI is InChI=1S/C26H26F4N4O2S/c27-21-7-3-19(4-8-21)18-34(24(35)23-2-1-17-37-23)16-13-32-11-14-33(15-12-32)25(36)31-22-9-5-20(6-10-22)26(28,29)30/h1-10,17H,11-16,18H2,(H,31,36). The van der Waals surface area contributed by atoms with Crippen LogP contribution in [0.15, 0.2) is 66.0 Å². The summed E-state index contributed by atoms with van der Waals surface area (Å²) in [6.07, 6.45) is -4.43. The Hall–Kier alpha value is -3.44. The number of hydrogen-bond donors (Lipinski definition) is 1. The zero-order chi connectivity index (χ0) is 26.4. The van der Waals surface area contributed by atoms with Gasteiger partial charge in [-0.1, -0.05) is 18.2 Å². The molecule has 1 aromatic heterocycles. The lowest BCUT2D eigenvalue weighted by atomic mass is 10.2. The van der Waals surface area contributed by atoms with Gasteiger partial charge in [0.15, 0.2) is 0 Å². The molecule has 0 unspecified atom stereocenters. The van der Waals surface area contributed by atoms with Crippen LogP contribution in [0.3, 0.4) is 0 Å². The van der Waals surface area contributed by atoms with Crippen molar-refractivity contribution in [3.8, 4) is 0 Å². The second-order valence-electron chi connectivity index (χ2n) is 8.66. The number of piperazine rings is 1. The first-order valence-corrected chi connectivity index (χ1v) is 12.6. The molecule has 2 aromatic carbocycles. The topological polar surface area (TPSA) is 55.9 Å². The Bertz CT molecular complexity index is 1180. The van der Waals surface area contributed by atoms with E-state index in [2.05, 4.69) is 10.2 Å². The molecule has 1 aliphatic heterocycles. The summed E-state index contributed by atoms with van der Waals surface area (Å²) in [4.78, 5) is 31.8. The number of carbonyl (C=O) groups is 2. The Morgan fingerprint density at radius 3 is 2.22 bits per heavy atom. The number of benzene rings is 2. The predicted molar refractivity (Wildman–Crippen MR) is 134 cm³/mol. The summed E-state index contributed by atoms with van der Waals surface area (Å²) >= 11 is 1.37. The molecule has 0 aliphatic carbocycles. The third kappa shape index (κ3) is 7.30. The van der Waals surface area contributed by atoms with Crippen molar-refractivity contribution in [2.24, 2.45) is 0 Å². The van der Waals surface area contributed by atoms with Gasteiger partial charge in [-0.2, -0.15) is 13.2 Å². The van der Waals surface area contributed by atoms with Gasteiger partial charge in [0.1, 0.15) is 5.82 Å². The van der Waals surface area contributed by atoms with Crippen LogP contribution in [0.25, 0.3) is 0 Å². The molecule has 37 heavy (non-hydrogen) atoms. The first-order valence-electron chi connectivity index (χ1n) is 11.7. The largest absolute Gasteiger partial charge is 0.416 e. The number of alkyl halides is 3. The Morgan fingerprint density at radius 1 is 0.946 bits per heavy atom. The van der Waals surface area contributed by atoms with E-state index < -0.39 is 11.7 Å². The molecule has 1 saturated heterocycles. The van der Waals surface area contributed by atoms with Crippen molar-refractivity contribution in [3.63, 3.8) is 0 Å². The van der Waals surface area contributed by atoms with Crippen LogP contribution in [0.4, 0.5) is 28.0 Å². The highest BCUT2D eigenvalue weighted by Crippen LogP contribution is 2.29. The molecule has 0 atom stereocenters. The van der Waals surface area contributed by atoms with Crippen LogP contribution in [-0.2, 0) is 12.7 Å². The number of rotatable bonds is 7. The van der Waals surface area contributed by atoms with E-state index in [0.717, 1.165) is 17.7 Å². The maximum absolute atomic E-state index is 13.3. The van der Waals surface area contributed by atoms with Crippen molar-refractivity contribution in [1.29, 1.82) is 0 Å². The SMILES string of the molecule is O=C(Nc1ccc(C(F)(F)F)cc1)N1CCN(CCN(Cc2ccc(F)cc2)C(=O)c2cccs2)CC1. The minimum atomic E-state index is -4.43. The van der Waals surface area contributed by atoms with E-state index >= 15 is 0 Å². The van der Waals surface area contributed by atoms with Gasteiger partial charge in [-0.25, -0.2) is 9.18 Å². The number of nitrogens with zero attached hydrogens (tertiary/aromatic N) is 3. The molecule has 0 spiro atoms. The Balaban J connectivity index is 1.29. The lowest BCUT2D eigenvalue weighted by molar-refractivity contribution is -0.137. The van der Waals surface area contributed by atoms with Crippen molar-refractivity contribution >= 4 is 29.0 Å². The van der Waals surface area contributed by atoms with Crippen molar-refractivity contribution in [2.75, 3.05) is 44.6 Å².